The third kappa shape index (κ3) is 5.60. The number of aliphatic carboxylic acids is 1. The van der Waals surface area contributed by atoms with Gasteiger partial charge in [0.1, 0.15) is 5.75 Å². The molecule has 0 aromatic heterocycles. The molecule has 0 saturated heterocycles. The number of carboxylic acid groups (broad SMARTS) is 1. The zero-order valence-electron chi connectivity index (χ0n) is 11.2. The van der Waals surface area contributed by atoms with E-state index in [1.54, 1.807) is 6.07 Å². The van der Waals surface area contributed by atoms with E-state index in [-0.39, 0.29) is 24.2 Å². The second-order valence-corrected chi connectivity index (χ2v) is 3.96. The SMILES string of the molecule is COC(=O)CCc1cccc(/C=C/C(=O)O)c1OC(F)F. The summed E-state index contributed by atoms with van der Waals surface area (Å²) in [6.07, 6.45) is 2.12. The van der Waals surface area contributed by atoms with Gasteiger partial charge >= 0.3 is 18.6 Å². The molecule has 7 heteroatoms. The van der Waals surface area contributed by atoms with E-state index in [1.807, 2.05) is 0 Å². The molecule has 1 aromatic carbocycles. The Morgan fingerprint density at radius 1 is 1.38 bits per heavy atom. The van der Waals surface area contributed by atoms with Crippen LogP contribution in [0.2, 0.25) is 0 Å². The Bertz CT molecular complexity index is 540. The highest BCUT2D eigenvalue weighted by molar-refractivity contribution is 5.86. The van der Waals surface area contributed by atoms with E-state index in [4.69, 9.17) is 5.11 Å². The summed E-state index contributed by atoms with van der Waals surface area (Å²) in [4.78, 5) is 21.6. The largest absolute Gasteiger partial charge is 0.478 e. The smallest absolute Gasteiger partial charge is 0.387 e. The molecule has 0 amide bonds. The maximum absolute atomic E-state index is 12.5. The first kappa shape index (κ1) is 16.6. The molecule has 0 radical (unpaired) electrons. The number of methoxy groups -OCH3 is 1. The van der Waals surface area contributed by atoms with Crippen LogP contribution in [-0.4, -0.2) is 30.8 Å². The molecule has 0 unspecified atom stereocenters. The number of ether oxygens (including phenoxy) is 2. The number of carboxylic acids is 1. The molecule has 0 aliphatic rings. The van der Waals surface area contributed by atoms with Crippen LogP contribution in [0, 0.1) is 0 Å². The van der Waals surface area contributed by atoms with E-state index >= 15 is 0 Å². The molecule has 5 nitrogen and oxygen atoms in total. The predicted octanol–water partition coefficient (Wildman–Crippen LogP) is 2.49. The second kappa shape index (κ2) is 7.98. The Morgan fingerprint density at radius 2 is 2.10 bits per heavy atom. The van der Waals surface area contributed by atoms with Crippen molar-refractivity contribution in [2.45, 2.75) is 19.5 Å². The fourth-order valence-electron chi connectivity index (χ4n) is 1.67. The first-order chi connectivity index (χ1) is 9.93. The highest BCUT2D eigenvalue weighted by Gasteiger charge is 2.14. The van der Waals surface area contributed by atoms with Crippen LogP contribution < -0.4 is 4.74 Å². The number of hydrogen-bond donors (Lipinski definition) is 1. The minimum Gasteiger partial charge on any atom is -0.478 e. The summed E-state index contributed by atoms with van der Waals surface area (Å²) in [7, 11) is 1.23. The van der Waals surface area contributed by atoms with Gasteiger partial charge in [-0.15, -0.1) is 0 Å². The monoisotopic (exact) mass is 300 g/mol. The maximum Gasteiger partial charge on any atom is 0.387 e. The molecule has 114 valence electrons. The molecule has 1 rings (SSSR count). The number of para-hydroxylation sites is 1. The average Bonchev–Trinajstić information content (AvgIpc) is 2.43. The van der Waals surface area contributed by atoms with E-state index in [2.05, 4.69) is 9.47 Å². The Kier molecular flexibility index (Phi) is 6.32. The number of alkyl halides is 2. The number of aryl methyl sites for hydroxylation is 1. The molecule has 1 aromatic rings. The lowest BCUT2D eigenvalue weighted by Crippen LogP contribution is -2.08. The molecule has 0 heterocycles. The van der Waals surface area contributed by atoms with Gasteiger partial charge in [0.05, 0.1) is 7.11 Å². The number of carbonyl (C=O) groups is 2. The molecule has 0 spiro atoms. The Labute approximate surface area is 119 Å². The zero-order chi connectivity index (χ0) is 15.8. The standard InChI is InChI=1S/C14H14F2O5/c1-20-12(19)8-6-10-4-2-3-9(5-7-11(17)18)13(10)21-14(15)16/h2-5,7,14H,6,8H2,1H3,(H,17,18)/b7-5+. The van der Waals surface area contributed by atoms with Gasteiger partial charge < -0.3 is 14.6 Å². The minimum absolute atomic E-state index is 0.00218. The van der Waals surface area contributed by atoms with Gasteiger partial charge in [-0.25, -0.2) is 4.79 Å². The highest BCUT2D eigenvalue weighted by Crippen LogP contribution is 2.28. The summed E-state index contributed by atoms with van der Waals surface area (Å²) in [5, 5.41) is 8.59. The Hall–Kier alpha value is -2.44. The summed E-state index contributed by atoms with van der Waals surface area (Å²) in [6.45, 7) is -3.05. The number of carbonyl (C=O) groups excluding carboxylic acids is 1. The van der Waals surface area contributed by atoms with Gasteiger partial charge in [0, 0.05) is 18.1 Å². The molecule has 21 heavy (non-hydrogen) atoms. The molecule has 1 N–H and O–H groups in total. The van der Waals surface area contributed by atoms with Crippen LogP contribution in [0.3, 0.4) is 0 Å². The first-order valence-corrected chi connectivity index (χ1v) is 5.98. The lowest BCUT2D eigenvalue weighted by Gasteiger charge is -2.13. The third-order valence-electron chi connectivity index (χ3n) is 2.57. The molecule has 0 atom stereocenters. The molecule has 0 aliphatic heterocycles. The molecule has 0 saturated carbocycles. The lowest BCUT2D eigenvalue weighted by atomic mass is 10.0. The predicted molar refractivity (Wildman–Crippen MR) is 70.1 cm³/mol. The number of halogens is 2. The minimum atomic E-state index is -3.05. The molecular formula is C14H14F2O5. The number of benzene rings is 1. The van der Waals surface area contributed by atoms with E-state index in [1.165, 1.54) is 19.2 Å². The summed E-state index contributed by atoms with van der Waals surface area (Å²) < 4.78 is 33.9. The van der Waals surface area contributed by atoms with Crippen molar-refractivity contribution < 1.29 is 33.0 Å². The number of hydrogen-bond acceptors (Lipinski definition) is 4. The van der Waals surface area contributed by atoms with Gasteiger partial charge in [-0.1, -0.05) is 18.2 Å². The van der Waals surface area contributed by atoms with Crippen LogP contribution in [-0.2, 0) is 20.7 Å². The summed E-state index contributed by atoms with van der Waals surface area (Å²) in [5.41, 5.74) is 0.563. The van der Waals surface area contributed by atoms with Crippen molar-refractivity contribution in [3.63, 3.8) is 0 Å². The van der Waals surface area contributed by atoms with Gasteiger partial charge in [-0.05, 0) is 18.1 Å². The molecule has 0 fully saturated rings. The van der Waals surface area contributed by atoms with Crippen LogP contribution in [0.15, 0.2) is 24.3 Å². The fourth-order valence-corrected chi connectivity index (χ4v) is 1.67. The lowest BCUT2D eigenvalue weighted by molar-refractivity contribution is -0.140. The quantitative estimate of drug-likeness (QED) is 0.618. The van der Waals surface area contributed by atoms with E-state index in [0.717, 1.165) is 12.2 Å². The van der Waals surface area contributed by atoms with E-state index in [0.29, 0.717) is 5.56 Å². The van der Waals surface area contributed by atoms with Crippen LogP contribution >= 0.6 is 0 Å². The fraction of sp³-hybridized carbons (Fsp3) is 0.286. The van der Waals surface area contributed by atoms with Crippen LogP contribution in [0.1, 0.15) is 17.5 Å². The second-order valence-electron chi connectivity index (χ2n) is 3.96. The summed E-state index contributed by atoms with van der Waals surface area (Å²) in [5.74, 6) is -1.84. The first-order valence-electron chi connectivity index (χ1n) is 5.98. The van der Waals surface area contributed by atoms with Gasteiger partial charge in [0.25, 0.3) is 0 Å². The van der Waals surface area contributed by atoms with Crippen molar-refractivity contribution in [1.82, 2.24) is 0 Å². The van der Waals surface area contributed by atoms with Crippen molar-refractivity contribution in [3.05, 3.63) is 35.4 Å². The van der Waals surface area contributed by atoms with Gasteiger partial charge in [-0.3, -0.25) is 4.79 Å². The van der Waals surface area contributed by atoms with Crippen molar-refractivity contribution in [1.29, 1.82) is 0 Å². The van der Waals surface area contributed by atoms with E-state index < -0.39 is 18.6 Å². The average molecular weight is 300 g/mol. The van der Waals surface area contributed by atoms with Gasteiger partial charge in [0.15, 0.2) is 0 Å². The van der Waals surface area contributed by atoms with Crippen molar-refractivity contribution in [2.24, 2.45) is 0 Å². The Morgan fingerprint density at radius 3 is 2.67 bits per heavy atom. The number of rotatable bonds is 7. The normalized spacial score (nSPS) is 10.9. The zero-order valence-corrected chi connectivity index (χ0v) is 11.2. The van der Waals surface area contributed by atoms with Crippen molar-refractivity contribution in [3.8, 4) is 5.75 Å². The molecule has 0 bridgehead atoms. The summed E-state index contributed by atoms with van der Waals surface area (Å²) >= 11 is 0. The van der Waals surface area contributed by atoms with E-state index in [9.17, 15) is 18.4 Å². The molecular weight excluding hydrogens is 286 g/mol. The van der Waals surface area contributed by atoms with Crippen LogP contribution in [0.25, 0.3) is 6.08 Å². The van der Waals surface area contributed by atoms with Crippen LogP contribution in [0.4, 0.5) is 8.78 Å². The summed E-state index contributed by atoms with van der Waals surface area (Å²) in [6, 6.07) is 4.53. The number of esters is 1. The molecule has 0 aliphatic carbocycles. The third-order valence-corrected chi connectivity index (χ3v) is 2.57. The van der Waals surface area contributed by atoms with Crippen LogP contribution in [0.5, 0.6) is 5.75 Å². The van der Waals surface area contributed by atoms with Crippen molar-refractivity contribution >= 4 is 18.0 Å². The maximum atomic E-state index is 12.5. The topological polar surface area (TPSA) is 72.8 Å². The van der Waals surface area contributed by atoms with Gasteiger partial charge in [0.2, 0.25) is 0 Å². The van der Waals surface area contributed by atoms with Crippen molar-refractivity contribution in [2.75, 3.05) is 7.11 Å². The van der Waals surface area contributed by atoms with Gasteiger partial charge in [-0.2, -0.15) is 8.78 Å². The Balaban J connectivity index is 3.07. The highest BCUT2D eigenvalue weighted by atomic mass is 19.3.